The Balaban J connectivity index is 0.00000231. The van der Waals surface area contributed by atoms with Crippen LogP contribution in [0.25, 0.3) is 0 Å². The number of nitrogens with one attached hydrogen (secondary N) is 1. The molecular weight excluding hydrogens is 412 g/mol. The van der Waals surface area contributed by atoms with Crippen molar-refractivity contribution in [2.45, 2.75) is 103 Å². The third kappa shape index (κ3) is 3.16. The number of hydrogen-bond acceptors (Lipinski definition) is 5. The quantitative estimate of drug-likeness (QED) is 0.544. The fourth-order valence-corrected chi connectivity index (χ4v) is 8.79. The maximum absolute atomic E-state index is 12.3. The van der Waals surface area contributed by atoms with Gasteiger partial charge >= 0.3 is 0 Å². The molecule has 1 saturated heterocycles. The summed E-state index contributed by atoms with van der Waals surface area (Å²) >= 11 is 0. The van der Waals surface area contributed by atoms with Crippen LogP contribution >= 0.6 is 12.4 Å². The SMILES string of the molecule is CC1(C)/C(=N/O[C@@H]2CCNC2)CC[C@]2(C)[C@H]3CC[C@]4(C)[C@@H](O)CC[C@H]4[C@@H]3CC[C@@]12O.Cl. The molecule has 5 nitrogen and oxygen atoms in total. The highest BCUT2D eigenvalue weighted by atomic mass is 35.5. The van der Waals surface area contributed by atoms with Crippen LogP contribution in [0, 0.1) is 34.0 Å². The Morgan fingerprint density at radius 3 is 2.45 bits per heavy atom. The van der Waals surface area contributed by atoms with E-state index in [1.165, 1.54) is 0 Å². The van der Waals surface area contributed by atoms with Gasteiger partial charge < -0.3 is 20.4 Å². The molecule has 3 N–H and O–H groups in total. The summed E-state index contributed by atoms with van der Waals surface area (Å²) in [5, 5.41) is 31.0. The molecule has 1 aliphatic heterocycles. The predicted molar refractivity (Wildman–Crippen MR) is 125 cm³/mol. The zero-order chi connectivity index (χ0) is 21.4. The van der Waals surface area contributed by atoms with Crippen molar-refractivity contribution >= 4 is 18.1 Å². The van der Waals surface area contributed by atoms with Crippen LogP contribution in [0.1, 0.15) is 85.5 Å². The molecule has 0 aromatic rings. The number of hydrogen-bond donors (Lipinski definition) is 3. The summed E-state index contributed by atoms with van der Waals surface area (Å²) in [4.78, 5) is 5.91. The second-order valence-corrected chi connectivity index (χ2v) is 12.2. The molecule has 1 heterocycles. The molecule has 0 radical (unpaired) electrons. The molecule has 6 heteroatoms. The van der Waals surface area contributed by atoms with Gasteiger partial charge in [0.15, 0.2) is 0 Å². The van der Waals surface area contributed by atoms with Crippen LogP contribution in [-0.4, -0.2) is 46.8 Å². The Hall–Kier alpha value is -0.360. The van der Waals surface area contributed by atoms with Crippen LogP contribution in [0.5, 0.6) is 0 Å². The number of fused-ring (bicyclic) bond motifs is 5. The maximum atomic E-state index is 12.3. The number of aliphatic hydroxyl groups is 2. The Labute approximate surface area is 194 Å². The molecule has 4 aliphatic carbocycles. The second kappa shape index (κ2) is 7.85. The Morgan fingerprint density at radius 2 is 1.74 bits per heavy atom. The number of rotatable bonds is 2. The molecule has 0 amide bonds. The summed E-state index contributed by atoms with van der Waals surface area (Å²) < 4.78 is 0. The first-order valence-electron chi connectivity index (χ1n) is 12.5. The van der Waals surface area contributed by atoms with Gasteiger partial charge in [-0.25, -0.2) is 0 Å². The van der Waals surface area contributed by atoms with E-state index in [0.717, 1.165) is 76.6 Å². The van der Waals surface area contributed by atoms with Crippen LogP contribution in [0.4, 0.5) is 0 Å². The van der Waals surface area contributed by atoms with E-state index < -0.39 is 5.60 Å². The fourth-order valence-electron chi connectivity index (χ4n) is 8.79. The van der Waals surface area contributed by atoms with Crippen molar-refractivity contribution in [2.75, 3.05) is 13.1 Å². The van der Waals surface area contributed by atoms with Crippen LogP contribution in [0.15, 0.2) is 5.16 Å². The van der Waals surface area contributed by atoms with Crippen LogP contribution in [0.2, 0.25) is 0 Å². The highest BCUT2D eigenvalue weighted by Gasteiger charge is 2.69. The molecular formula is C25H43ClN2O3. The minimum absolute atomic E-state index is 0. The van der Waals surface area contributed by atoms with Crippen molar-refractivity contribution in [3.05, 3.63) is 0 Å². The Bertz CT molecular complexity index is 724. The molecule has 8 atom stereocenters. The topological polar surface area (TPSA) is 74.1 Å². The molecule has 31 heavy (non-hydrogen) atoms. The van der Waals surface area contributed by atoms with Gasteiger partial charge in [0.1, 0.15) is 6.10 Å². The Morgan fingerprint density at radius 1 is 0.968 bits per heavy atom. The smallest absolute Gasteiger partial charge is 0.141 e. The largest absolute Gasteiger partial charge is 0.393 e. The van der Waals surface area contributed by atoms with E-state index in [2.05, 4.69) is 38.2 Å². The first kappa shape index (κ1) is 23.8. The zero-order valence-electron chi connectivity index (χ0n) is 19.8. The maximum Gasteiger partial charge on any atom is 0.141 e. The second-order valence-electron chi connectivity index (χ2n) is 12.2. The highest BCUT2D eigenvalue weighted by molar-refractivity contribution is 5.91. The number of aliphatic hydroxyl groups excluding tert-OH is 1. The van der Waals surface area contributed by atoms with E-state index in [1.54, 1.807) is 0 Å². The normalized spacial score (nSPS) is 52.1. The van der Waals surface area contributed by atoms with Gasteiger partial charge in [0.25, 0.3) is 0 Å². The lowest BCUT2D eigenvalue weighted by molar-refractivity contribution is -0.230. The van der Waals surface area contributed by atoms with E-state index in [4.69, 9.17) is 4.84 Å². The van der Waals surface area contributed by atoms with Crippen molar-refractivity contribution in [1.82, 2.24) is 5.32 Å². The summed E-state index contributed by atoms with van der Waals surface area (Å²) in [5.41, 5.74) is -0.0902. The van der Waals surface area contributed by atoms with Gasteiger partial charge in [-0.1, -0.05) is 32.9 Å². The zero-order valence-corrected chi connectivity index (χ0v) is 20.6. The summed E-state index contributed by atoms with van der Waals surface area (Å²) in [5.74, 6) is 1.80. The molecule has 5 rings (SSSR count). The molecule has 5 aliphatic rings. The third-order valence-corrected chi connectivity index (χ3v) is 11.0. The molecule has 0 unspecified atom stereocenters. The number of halogens is 1. The van der Waals surface area contributed by atoms with Crippen LogP contribution in [0.3, 0.4) is 0 Å². The minimum Gasteiger partial charge on any atom is -0.393 e. The van der Waals surface area contributed by atoms with Crippen molar-refractivity contribution in [1.29, 1.82) is 0 Å². The first-order chi connectivity index (χ1) is 14.1. The van der Waals surface area contributed by atoms with E-state index in [0.29, 0.717) is 17.8 Å². The molecule has 0 aromatic heterocycles. The molecule has 0 bridgehead atoms. The van der Waals surface area contributed by atoms with E-state index >= 15 is 0 Å². The average Bonchev–Trinajstić information content (AvgIpc) is 3.32. The van der Waals surface area contributed by atoms with Gasteiger partial charge in [0.2, 0.25) is 0 Å². The summed E-state index contributed by atoms with van der Waals surface area (Å²) in [7, 11) is 0. The number of nitrogens with zero attached hydrogens (tertiary/aromatic N) is 1. The van der Waals surface area contributed by atoms with Crippen molar-refractivity contribution in [2.24, 2.45) is 39.2 Å². The van der Waals surface area contributed by atoms with Crippen molar-refractivity contribution in [3.63, 3.8) is 0 Å². The van der Waals surface area contributed by atoms with Gasteiger partial charge in [-0.3, -0.25) is 0 Å². The molecule has 0 aromatic carbocycles. The molecule has 4 saturated carbocycles. The monoisotopic (exact) mass is 454 g/mol. The lowest BCUT2D eigenvalue weighted by Gasteiger charge is -2.67. The van der Waals surface area contributed by atoms with Gasteiger partial charge in [-0.2, -0.15) is 0 Å². The lowest BCUT2D eigenvalue weighted by Crippen LogP contribution is -2.69. The summed E-state index contributed by atoms with van der Waals surface area (Å²) in [6, 6.07) is 0. The van der Waals surface area contributed by atoms with Gasteiger partial charge in [-0.15, -0.1) is 12.4 Å². The third-order valence-electron chi connectivity index (χ3n) is 11.0. The standard InChI is InChI=1S/C25H42N2O3.ClH/c1-22(2)20(27-30-16-10-14-26-15-16)9-12-24(4)19-8-11-23(3)18(5-6-21(23)28)17(19)7-13-25(22,24)29;/h16-19,21,26,28-29H,5-15H2,1-4H3;1H/b27-20+;/t16-,17+,18+,19+,21+,23+,24-,25-;/m1./s1. The van der Waals surface area contributed by atoms with Crippen LogP contribution < -0.4 is 5.32 Å². The van der Waals surface area contributed by atoms with E-state index in [-0.39, 0.29) is 40.9 Å². The van der Waals surface area contributed by atoms with E-state index in [9.17, 15) is 10.2 Å². The predicted octanol–water partition coefficient (Wildman–Crippen LogP) is 4.30. The van der Waals surface area contributed by atoms with Crippen molar-refractivity contribution in [3.8, 4) is 0 Å². The van der Waals surface area contributed by atoms with Gasteiger partial charge in [0.05, 0.1) is 17.4 Å². The molecule has 0 spiro atoms. The van der Waals surface area contributed by atoms with Crippen LogP contribution in [-0.2, 0) is 4.84 Å². The average molecular weight is 455 g/mol. The van der Waals surface area contributed by atoms with Crippen molar-refractivity contribution < 1.29 is 15.1 Å². The van der Waals surface area contributed by atoms with E-state index in [1.807, 2.05) is 0 Å². The molecule has 178 valence electrons. The summed E-state index contributed by atoms with van der Waals surface area (Å²) in [6.45, 7) is 11.0. The first-order valence-corrected chi connectivity index (χ1v) is 12.5. The van der Waals surface area contributed by atoms with Gasteiger partial charge in [0, 0.05) is 23.8 Å². The number of oxime groups is 1. The Kier molecular flexibility index (Phi) is 6.03. The molecule has 5 fully saturated rings. The van der Waals surface area contributed by atoms with Gasteiger partial charge in [-0.05, 0) is 81.1 Å². The fraction of sp³-hybridized carbons (Fsp3) is 0.960. The highest BCUT2D eigenvalue weighted by Crippen LogP contribution is 2.69. The summed E-state index contributed by atoms with van der Waals surface area (Å²) in [6.07, 6.45) is 9.22. The lowest BCUT2D eigenvalue weighted by atomic mass is 9.39. The minimum atomic E-state index is -0.750.